The Kier molecular flexibility index (Phi) is 6.67. The molecule has 1 saturated heterocycles. The largest absolute Gasteiger partial charge is 0.494 e. The Labute approximate surface area is 119 Å². The molecular formula is C14H20ClNO3. The molecule has 1 aromatic rings. The number of carboxylic acids is 1. The van der Waals surface area contributed by atoms with Gasteiger partial charge in [-0.2, -0.15) is 0 Å². The smallest absolute Gasteiger partial charge is 0.320 e. The van der Waals surface area contributed by atoms with Crippen LogP contribution in [-0.2, 0) is 4.79 Å². The monoisotopic (exact) mass is 285 g/mol. The zero-order valence-electron chi connectivity index (χ0n) is 10.8. The molecule has 0 saturated carbocycles. The van der Waals surface area contributed by atoms with Crippen LogP contribution in [0.1, 0.15) is 19.3 Å². The van der Waals surface area contributed by atoms with Crippen molar-refractivity contribution in [2.24, 2.45) is 0 Å². The summed E-state index contributed by atoms with van der Waals surface area (Å²) in [7, 11) is 0. The quantitative estimate of drug-likeness (QED) is 0.816. The third-order valence-electron chi connectivity index (χ3n) is 3.25. The topological polar surface area (TPSA) is 49.8 Å². The maximum absolute atomic E-state index is 11.0. The summed E-state index contributed by atoms with van der Waals surface area (Å²) in [6, 6.07) is 9.40. The van der Waals surface area contributed by atoms with E-state index in [-0.39, 0.29) is 18.4 Å². The van der Waals surface area contributed by atoms with Crippen LogP contribution in [0.3, 0.4) is 0 Å². The molecule has 4 nitrogen and oxygen atoms in total. The summed E-state index contributed by atoms with van der Waals surface area (Å²) < 4.78 is 5.59. The fourth-order valence-electron chi connectivity index (χ4n) is 2.35. The Bertz CT molecular complexity index is 386. The first-order valence-electron chi connectivity index (χ1n) is 6.42. The molecule has 1 heterocycles. The molecule has 1 fully saturated rings. The molecule has 0 amide bonds. The van der Waals surface area contributed by atoms with Crippen LogP contribution in [0.2, 0.25) is 0 Å². The molecule has 0 spiro atoms. The van der Waals surface area contributed by atoms with E-state index >= 15 is 0 Å². The molecule has 106 valence electrons. The Morgan fingerprint density at radius 3 is 2.79 bits per heavy atom. The first-order chi connectivity index (χ1) is 8.77. The van der Waals surface area contributed by atoms with Crippen molar-refractivity contribution in [1.82, 2.24) is 4.90 Å². The van der Waals surface area contributed by atoms with Crippen molar-refractivity contribution >= 4 is 18.4 Å². The number of aliphatic carboxylic acids is 1. The van der Waals surface area contributed by atoms with Crippen molar-refractivity contribution in [2.75, 3.05) is 19.7 Å². The molecule has 1 aliphatic heterocycles. The number of carboxylic acid groups (broad SMARTS) is 1. The molecule has 0 aliphatic carbocycles. The number of benzene rings is 1. The predicted octanol–water partition coefficient (Wildman–Crippen LogP) is 2.43. The van der Waals surface area contributed by atoms with Crippen LogP contribution in [0.4, 0.5) is 0 Å². The second kappa shape index (κ2) is 8.02. The highest BCUT2D eigenvalue weighted by Crippen LogP contribution is 2.17. The number of hydrogen-bond donors (Lipinski definition) is 1. The SMILES string of the molecule is Cl.O=C(O)[C@@H]1CCCN1CCCOc1ccccc1. The van der Waals surface area contributed by atoms with Crippen LogP contribution < -0.4 is 4.74 Å². The van der Waals surface area contributed by atoms with E-state index in [1.54, 1.807) is 0 Å². The lowest BCUT2D eigenvalue weighted by Crippen LogP contribution is -2.36. The Morgan fingerprint density at radius 2 is 2.11 bits per heavy atom. The summed E-state index contributed by atoms with van der Waals surface area (Å²) in [5.41, 5.74) is 0. The van der Waals surface area contributed by atoms with Crippen molar-refractivity contribution in [3.63, 3.8) is 0 Å². The average molecular weight is 286 g/mol. The Morgan fingerprint density at radius 1 is 1.37 bits per heavy atom. The fraction of sp³-hybridized carbons (Fsp3) is 0.500. The molecule has 0 radical (unpaired) electrons. The van der Waals surface area contributed by atoms with Gasteiger partial charge in [-0.05, 0) is 37.9 Å². The normalized spacial score (nSPS) is 18.8. The highest BCUT2D eigenvalue weighted by molar-refractivity contribution is 5.85. The first kappa shape index (κ1) is 15.8. The van der Waals surface area contributed by atoms with Gasteiger partial charge in [0.15, 0.2) is 0 Å². The lowest BCUT2D eigenvalue weighted by Gasteiger charge is -2.20. The van der Waals surface area contributed by atoms with Gasteiger partial charge < -0.3 is 9.84 Å². The van der Waals surface area contributed by atoms with E-state index in [0.29, 0.717) is 6.61 Å². The Hall–Kier alpha value is -1.26. The van der Waals surface area contributed by atoms with Gasteiger partial charge in [0.25, 0.3) is 0 Å². The van der Waals surface area contributed by atoms with Crippen LogP contribution >= 0.6 is 12.4 Å². The second-order valence-electron chi connectivity index (χ2n) is 4.55. The second-order valence-corrected chi connectivity index (χ2v) is 4.55. The molecule has 2 rings (SSSR count). The molecule has 19 heavy (non-hydrogen) atoms. The standard InChI is InChI=1S/C14H19NO3.ClH/c16-14(17)13-8-4-9-15(13)10-5-11-18-12-6-2-1-3-7-12;/h1-3,6-7,13H,4-5,8-11H2,(H,16,17);1H/t13-;/m0./s1. The minimum atomic E-state index is -0.698. The van der Waals surface area contributed by atoms with Gasteiger partial charge in [0, 0.05) is 6.54 Å². The molecule has 5 heteroatoms. The number of ether oxygens (including phenoxy) is 1. The Balaban J connectivity index is 0.00000180. The van der Waals surface area contributed by atoms with Gasteiger partial charge in [0.2, 0.25) is 0 Å². The van der Waals surface area contributed by atoms with Gasteiger partial charge >= 0.3 is 5.97 Å². The number of nitrogens with zero attached hydrogens (tertiary/aromatic N) is 1. The number of likely N-dealkylation sites (tertiary alicyclic amines) is 1. The number of hydrogen-bond acceptors (Lipinski definition) is 3. The van der Waals surface area contributed by atoms with Gasteiger partial charge in [-0.25, -0.2) is 0 Å². The van der Waals surface area contributed by atoms with Gasteiger partial charge in [-0.1, -0.05) is 18.2 Å². The van der Waals surface area contributed by atoms with E-state index in [1.807, 2.05) is 35.2 Å². The molecule has 1 atom stereocenters. The van der Waals surface area contributed by atoms with E-state index in [4.69, 9.17) is 9.84 Å². The maximum Gasteiger partial charge on any atom is 0.320 e. The van der Waals surface area contributed by atoms with E-state index < -0.39 is 5.97 Å². The van der Waals surface area contributed by atoms with Crippen molar-refractivity contribution in [3.05, 3.63) is 30.3 Å². The molecule has 0 aromatic heterocycles. The minimum absolute atomic E-state index is 0. The summed E-state index contributed by atoms with van der Waals surface area (Å²) in [5.74, 6) is 0.171. The number of para-hydroxylation sites is 1. The van der Waals surface area contributed by atoms with Crippen molar-refractivity contribution < 1.29 is 14.6 Å². The third kappa shape index (κ3) is 4.73. The van der Waals surface area contributed by atoms with Crippen LogP contribution in [0.5, 0.6) is 5.75 Å². The van der Waals surface area contributed by atoms with E-state index in [1.165, 1.54) is 0 Å². The molecule has 0 unspecified atom stereocenters. The average Bonchev–Trinajstić information content (AvgIpc) is 2.84. The van der Waals surface area contributed by atoms with Gasteiger partial charge in [0.1, 0.15) is 11.8 Å². The van der Waals surface area contributed by atoms with Gasteiger partial charge in [-0.3, -0.25) is 9.69 Å². The summed E-state index contributed by atoms with van der Waals surface area (Å²) >= 11 is 0. The minimum Gasteiger partial charge on any atom is -0.494 e. The first-order valence-corrected chi connectivity index (χ1v) is 6.42. The fourth-order valence-corrected chi connectivity index (χ4v) is 2.35. The maximum atomic E-state index is 11.0. The highest BCUT2D eigenvalue weighted by atomic mass is 35.5. The lowest BCUT2D eigenvalue weighted by atomic mass is 10.2. The van der Waals surface area contributed by atoms with Crippen LogP contribution in [-0.4, -0.2) is 41.7 Å². The lowest BCUT2D eigenvalue weighted by molar-refractivity contribution is -0.142. The van der Waals surface area contributed by atoms with E-state index in [2.05, 4.69) is 0 Å². The third-order valence-corrected chi connectivity index (χ3v) is 3.25. The van der Waals surface area contributed by atoms with Crippen molar-refractivity contribution in [3.8, 4) is 5.75 Å². The number of rotatable bonds is 6. The summed E-state index contributed by atoms with van der Waals surface area (Å²) in [4.78, 5) is 13.0. The van der Waals surface area contributed by atoms with E-state index in [0.717, 1.165) is 38.1 Å². The molecule has 1 aromatic carbocycles. The number of halogens is 1. The summed E-state index contributed by atoms with van der Waals surface area (Å²) in [5, 5.41) is 9.05. The van der Waals surface area contributed by atoms with Crippen molar-refractivity contribution in [2.45, 2.75) is 25.3 Å². The molecule has 0 bridgehead atoms. The van der Waals surface area contributed by atoms with Gasteiger partial charge in [-0.15, -0.1) is 12.4 Å². The van der Waals surface area contributed by atoms with Crippen LogP contribution in [0, 0.1) is 0 Å². The predicted molar refractivity (Wildman–Crippen MR) is 76.0 cm³/mol. The van der Waals surface area contributed by atoms with E-state index in [9.17, 15) is 4.79 Å². The van der Waals surface area contributed by atoms with Crippen LogP contribution in [0.25, 0.3) is 0 Å². The molecule has 1 aliphatic rings. The number of carbonyl (C=O) groups is 1. The summed E-state index contributed by atoms with van der Waals surface area (Å²) in [6.45, 7) is 2.32. The van der Waals surface area contributed by atoms with Gasteiger partial charge in [0.05, 0.1) is 6.61 Å². The molecular weight excluding hydrogens is 266 g/mol. The van der Waals surface area contributed by atoms with Crippen LogP contribution in [0.15, 0.2) is 30.3 Å². The summed E-state index contributed by atoms with van der Waals surface area (Å²) in [6.07, 6.45) is 2.62. The zero-order valence-corrected chi connectivity index (χ0v) is 11.6. The zero-order chi connectivity index (χ0) is 12.8. The molecule has 1 N–H and O–H groups in total. The highest BCUT2D eigenvalue weighted by Gasteiger charge is 2.29. The van der Waals surface area contributed by atoms with Crippen molar-refractivity contribution in [1.29, 1.82) is 0 Å².